The Bertz CT molecular complexity index is 1330. The van der Waals surface area contributed by atoms with Crippen molar-refractivity contribution in [3.63, 3.8) is 0 Å². The molecule has 0 fully saturated rings. The van der Waals surface area contributed by atoms with Gasteiger partial charge in [0.1, 0.15) is 29.1 Å². The lowest BCUT2D eigenvalue weighted by molar-refractivity contribution is -0.153. The zero-order valence-electron chi connectivity index (χ0n) is 21.5. The van der Waals surface area contributed by atoms with E-state index in [4.69, 9.17) is 14.2 Å². The molecule has 0 saturated carbocycles. The zero-order valence-corrected chi connectivity index (χ0v) is 21.5. The molecule has 0 bridgehead atoms. The van der Waals surface area contributed by atoms with Crippen molar-refractivity contribution in [1.82, 2.24) is 10.3 Å². The molecule has 2 aromatic carbocycles. The third-order valence-corrected chi connectivity index (χ3v) is 6.08. The van der Waals surface area contributed by atoms with E-state index in [1.54, 1.807) is 32.9 Å². The third-order valence-electron chi connectivity index (χ3n) is 6.08. The van der Waals surface area contributed by atoms with Gasteiger partial charge in [-0.15, -0.1) is 0 Å². The van der Waals surface area contributed by atoms with Gasteiger partial charge >= 0.3 is 18.0 Å². The Labute approximate surface area is 220 Å². The second-order valence-corrected chi connectivity index (χ2v) is 10.1. The van der Waals surface area contributed by atoms with Crippen LogP contribution in [0.5, 0.6) is 11.6 Å². The van der Waals surface area contributed by atoms with E-state index in [2.05, 4.69) is 10.3 Å². The van der Waals surface area contributed by atoms with E-state index in [-0.39, 0.29) is 30.9 Å². The summed E-state index contributed by atoms with van der Waals surface area (Å²) in [6.45, 7) is 5.25. The Morgan fingerprint density at radius 1 is 1.03 bits per heavy atom. The van der Waals surface area contributed by atoms with Crippen LogP contribution < -0.4 is 10.1 Å². The van der Waals surface area contributed by atoms with Crippen molar-refractivity contribution in [1.29, 1.82) is 0 Å². The number of aromatic nitrogens is 1. The Hall–Kier alpha value is -4.40. The standard InChI is InChI=1S/C29H30N2O7/c1-28(2,3)38-27(35)31-29(26(34)36-18-19-9-5-4-6-10-19)15-14-20-11-7-13-23(22(20)17-29)37-24-21(25(32)33)12-8-16-30-24/h4-13,16H,14-15,17-18H2,1-3H3,(H,31,35)(H,32,33)/t29-/m0/s1. The largest absolute Gasteiger partial charge is 0.477 e. The summed E-state index contributed by atoms with van der Waals surface area (Å²) in [5, 5.41) is 12.3. The van der Waals surface area contributed by atoms with Crippen molar-refractivity contribution < 1.29 is 33.7 Å². The van der Waals surface area contributed by atoms with Gasteiger partial charge in [-0.3, -0.25) is 0 Å². The second kappa shape index (κ2) is 10.9. The number of carbonyl (C=O) groups is 3. The fourth-order valence-corrected chi connectivity index (χ4v) is 4.31. The molecule has 38 heavy (non-hydrogen) atoms. The molecule has 1 amide bonds. The number of amides is 1. The van der Waals surface area contributed by atoms with E-state index < -0.39 is 29.2 Å². The van der Waals surface area contributed by atoms with Crippen LogP contribution in [0, 0.1) is 0 Å². The van der Waals surface area contributed by atoms with Gasteiger partial charge in [-0.05, 0) is 62.9 Å². The summed E-state index contributed by atoms with van der Waals surface area (Å²) in [6, 6.07) is 17.5. The lowest BCUT2D eigenvalue weighted by Crippen LogP contribution is -2.59. The average molecular weight is 519 g/mol. The van der Waals surface area contributed by atoms with Crippen molar-refractivity contribution in [2.75, 3.05) is 0 Å². The van der Waals surface area contributed by atoms with Gasteiger partial charge in [0.25, 0.3) is 0 Å². The number of alkyl carbamates (subject to hydrolysis) is 1. The SMILES string of the molecule is CC(C)(C)OC(=O)N[C@@]1(C(=O)OCc2ccccc2)CCc2cccc(Oc3ncccc3C(=O)O)c2C1. The molecule has 1 atom stereocenters. The van der Waals surface area contributed by atoms with Crippen molar-refractivity contribution >= 4 is 18.0 Å². The highest BCUT2D eigenvalue weighted by molar-refractivity contribution is 5.90. The lowest BCUT2D eigenvalue weighted by Gasteiger charge is -2.37. The van der Waals surface area contributed by atoms with Crippen LogP contribution in [0.1, 0.15) is 54.2 Å². The predicted molar refractivity (Wildman–Crippen MR) is 138 cm³/mol. The number of carboxylic acid groups (broad SMARTS) is 1. The molecule has 2 N–H and O–H groups in total. The molecule has 1 aliphatic rings. The van der Waals surface area contributed by atoms with Crippen LogP contribution in [-0.2, 0) is 33.7 Å². The van der Waals surface area contributed by atoms with E-state index in [9.17, 15) is 19.5 Å². The maximum Gasteiger partial charge on any atom is 0.408 e. The maximum absolute atomic E-state index is 13.6. The molecule has 9 heteroatoms. The molecule has 0 radical (unpaired) electrons. The zero-order chi connectivity index (χ0) is 27.3. The number of nitrogens with zero attached hydrogens (tertiary/aromatic N) is 1. The Morgan fingerprint density at radius 3 is 2.50 bits per heavy atom. The summed E-state index contributed by atoms with van der Waals surface area (Å²) in [7, 11) is 0. The number of ether oxygens (including phenoxy) is 3. The minimum absolute atomic E-state index is 0.0400. The first kappa shape index (κ1) is 26.7. The van der Waals surface area contributed by atoms with Gasteiger partial charge in [-0.25, -0.2) is 19.4 Å². The molecule has 1 heterocycles. The van der Waals surface area contributed by atoms with E-state index in [0.717, 1.165) is 11.1 Å². The summed E-state index contributed by atoms with van der Waals surface area (Å²) in [5.74, 6) is -1.51. The van der Waals surface area contributed by atoms with Crippen LogP contribution in [0.25, 0.3) is 0 Å². The molecular formula is C29H30N2O7. The molecule has 0 aliphatic heterocycles. The number of aromatic carboxylic acids is 1. The number of carboxylic acids is 1. The predicted octanol–water partition coefficient (Wildman–Crippen LogP) is 5.07. The van der Waals surface area contributed by atoms with Gasteiger partial charge in [0, 0.05) is 18.2 Å². The quantitative estimate of drug-likeness (QED) is 0.416. The Balaban J connectivity index is 1.66. The number of aryl methyl sites for hydroxylation is 1. The normalized spacial score (nSPS) is 16.6. The second-order valence-electron chi connectivity index (χ2n) is 10.1. The molecule has 1 aromatic heterocycles. The van der Waals surface area contributed by atoms with Crippen molar-refractivity contribution in [3.05, 3.63) is 89.1 Å². The molecule has 0 spiro atoms. The highest BCUT2D eigenvalue weighted by atomic mass is 16.6. The fraction of sp³-hybridized carbons (Fsp3) is 0.310. The van der Waals surface area contributed by atoms with Crippen LogP contribution in [0.3, 0.4) is 0 Å². The molecule has 1 aliphatic carbocycles. The van der Waals surface area contributed by atoms with E-state index >= 15 is 0 Å². The number of pyridine rings is 1. The first-order chi connectivity index (χ1) is 18.1. The van der Waals surface area contributed by atoms with Gasteiger partial charge in [0.05, 0.1) is 0 Å². The summed E-state index contributed by atoms with van der Waals surface area (Å²) in [6.07, 6.45) is 1.47. The Morgan fingerprint density at radius 2 is 1.79 bits per heavy atom. The topological polar surface area (TPSA) is 124 Å². The molecular weight excluding hydrogens is 488 g/mol. The number of nitrogens with one attached hydrogen (secondary N) is 1. The van der Waals surface area contributed by atoms with Gasteiger partial charge in [0.2, 0.25) is 5.88 Å². The summed E-state index contributed by atoms with van der Waals surface area (Å²) < 4.78 is 17.1. The number of carbonyl (C=O) groups excluding carboxylic acids is 2. The number of hydrogen-bond donors (Lipinski definition) is 2. The van der Waals surface area contributed by atoms with Crippen LogP contribution in [0.2, 0.25) is 0 Å². The van der Waals surface area contributed by atoms with E-state index in [0.29, 0.717) is 17.7 Å². The molecule has 3 aromatic rings. The number of hydrogen-bond acceptors (Lipinski definition) is 7. The minimum atomic E-state index is -1.43. The maximum atomic E-state index is 13.6. The fourth-order valence-electron chi connectivity index (χ4n) is 4.31. The molecule has 0 saturated heterocycles. The molecule has 9 nitrogen and oxygen atoms in total. The van der Waals surface area contributed by atoms with Crippen LogP contribution in [-0.4, -0.2) is 39.3 Å². The van der Waals surface area contributed by atoms with Crippen LogP contribution in [0.15, 0.2) is 66.9 Å². The first-order valence-corrected chi connectivity index (χ1v) is 12.3. The van der Waals surface area contributed by atoms with Crippen molar-refractivity contribution in [3.8, 4) is 11.6 Å². The number of rotatable bonds is 7. The number of fused-ring (bicyclic) bond motifs is 1. The van der Waals surface area contributed by atoms with Crippen LogP contribution in [0.4, 0.5) is 4.79 Å². The molecule has 4 rings (SSSR count). The average Bonchev–Trinajstić information content (AvgIpc) is 2.87. The van der Waals surface area contributed by atoms with Gasteiger partial charge < -0.3 is 24.6 Å². The van der Waals surface area contributed by atoms with Gasteiger partial charge in [-0.2, -0.15) is 0 Å². The van der Waals surface area contributed by atoms with Gasteiger partial charge in [-0.1, -0.05) is 42.5 Å². The Kier molecular flexibility index (Phi) is 7.66. The number of benzene rings is 2. The summed E-state index contributed by atoms with van der Waals surface area (Å²) in [4.78, 5) is 42.2. The summed E-state index contributed by atoms with van der Waals surface area (Å²) >= 11 is 0. The summed E-state index contributed by atoms with van der Waals surface area (Å²) in [5.41, 5.74) is 0.0719. The third kappa shape index (κ3) is 6.29. The highest BCUT2D eigenvalue weighted by Crippen LogP contribution is 2.38. The molecule has 198 valence electrons. The van der Waals surface area contributed by atoms with Crippen molar-refractivity contribution in [2.24, 2.45) is 0 Å². The minimum Gasteiger partial charge on any atom is -0.477 e. The van der Waals surface area contributed by atoms with E-state index in [1.807, 2.05) is 36.4 Å². The lowest BCUT2D eigenvalue weighted by atomic mass is 9.77. The van der Waals surface area contributed by atoms with Crippen molar-refractivity contribution in [2.45, 2.75) is 57.8 Å². The monoisotopic (exact) mass is 518 g/mol. The number of esters is 1. The smallest absolute Gasteiger partial charge is 0.408 e. The first-order valence-electron chi connectivity index (χ1n) is 12.3. The van der Waals surface area contributed by atoms with Crippen LogP contribution >= 0.6 is 0 Å². The highest BCUT2D eigenvalue weighted by Gasteiger charge is 2.46. The van der Waals surface area contributed by atoms with E-state index in [1.165, 1.54) is 18.3 Å². The van der Waals surface area contributed by atoms with Gasteiger partial charge in [0.15, 0.2) is 0 Å². The molecule has 0 unspecified atom stereocenters.